The maximum absolute atomic E-state index is 12.2. The third kappa shape index (κ3) is 6.60. The van der Waals surface area contributed by atoms with Crippen LogP contribution in [-0.2, 0) is 10.8 Å². The van der Waals surface area contributed by atoms with Gasteiger partial charge in [0.25, 0.3) is 0 Å². The molecule has 0 aromatic heterocycles. The Morgan fingerprint density at radius 3 is 2.78 bits per heavy atom. The summed E-state index contributed by atoms with van der Waals surface area (Å²) in [7, 11) is -0.697. The van der Waals surface area contributed by atoms with Crippen LogP contribution in [0.2, 0.25) is 5.02 Å². The summed E-state index contributed by atoms with van der Waals surface area (Å²) < 4.78 is 12.2. The van der Waals surface area contributed by atoms with Gasteiger partial charge in [-0.25, -0.2) is 0 Å². The Bertz CT molecular complexity index is 672. The van der Waals surface area contributed by atoms with Crippen molar-refractivity contribution in [3.8, 4) is 0 Å². The molecule has 0 aliphatic heterocycles. The molecule has 2 saturated carbocycles. The molecule has 0 saturated heterocycles. The molecule has 5 unspecified atom stereocenters. The molecular weight excluding hydrogens is 493 g/mol. The highest BCUT2D eigenvalue weighted by Crippen LogP contribution is 2.41. The molecule has 7 heteroatoms. The lowest BCUT2D eigenvalue weighted by Gasteiger charge is -2.30. The van der Waals surface area contributed by atoms with Gasteiger partial charge in [-0.05, 0) is 50.3 Å². The van der Waals surface area contributed by atoms with E-state index in [1.54, 1.807) is 0 Å². The van der Waals surface area contributed by atoms with Crippen LogP contribution < -0.4 is 10.6 Å². The second-order valence-electron chi connectivity index (χ2n) is 7.27. The molecule has 2 fully saturated rings. The number of aliphatic imine (C=N–C) groups is 1. The van der Waals surface area contributed by atoms with Crippen molar-refractivity contribution in [2.45, 2.75) is 69.2 Å². The second kappa shape index (κ2) is 11.0. The van der Waals surface area contributed by atoms with Crippen LogP contribution in [0.15, 0.2) is 29.3 Å². The first-order valence-corrected chi connectivity index (χ1v) is 11.6. The number of halogens is 2. The van der Waals surface area contributed by atoms with Gasteiger partial charge < -0.3 is 10.6 Å². The monoisotopic (exact) mass is 523 g/mol. The lowest BCUT2D eigenvalue weighted by Crippen LogP contribution is -2.47. The van der Waals surface area contributed by atoms with Crippen LogP contribution >= 0.6 is 35.6 Å². The molecule has 152 valence electrons. The van der Waals surface area contributed by atoms with E-state index in [0.29, 0.717) is 23.3 Å². The topological polar surface area (TPSA) is 53.5 Å². The molecule has 2 N–H and O–H groups in total. The molecule has 27 heavy (non-hydrogen) atoms. The largest absolute Gasteiger partial charge is 0.354 e. The minimum Gasteiger partial charge on any atom is -0.354 e. The maximum atomic E-state index is 12.2. The molecule has 1 aromatic rings. The minimum absolute atomic E-state index is 0. The van der Waals surface area contributed by atoms with E-state index in [2.05, 4.69) is 34.7 Å². The smallest absolute Gasteiger partial charge is 0.191 e. The summed E-state index contributed by atoms with van der Waals surface area (Å²) in [5.41, 5.74) is 1.29. The molecule has 2 aliphatic carbocycles. The van der Waals surface area contributed by atoms with Gasteiger partial charge >= 0.3 is 0 Å². The third-order valence-corrected chi connectivity index (χ3v) is 7.30. The summed E-state index contributed by atoms with van der Waals surface area (Å²) in [6.07, 6.45) is 5.45. The van der Waals surface area contributed by atoms with Crippen LogP contribution in [0.3, 0.4) is 0 Å². The number of rotatable bonds is 6. The molecule has 0 spiro atoms. The zero-order valence-corrected chi connectivity index (χ0v) is 20.0. The van der Waals surface area contributed by atoms with Gasteiger partial charge in [-0.1, -0.05) is 37.1 Å². The Hall–Kier alpha value is -0.340. The predicted octanol–water partition coefficient (Wildman–Crippen LogP) is 4.45. The summed E-state index contributed by atoms with van der Waals surface area (Å²) in [4.78, 5) is 4.63. The first-order valence-electron chi connectivity index (χ1n) is 9.80. The summed E-state index contributed by atoms with van der Waals surface area (Å²) >= 11 is 6.12. The normalized spacial score (nSPS) is 28.8. The van der Waals surface area contributed by atoms with E-state index < -0.39 is 10.8 Å². The Kier molecular flexibility index (Phi) is 9.35. The molecule has 2 aliphatic rings. The summed E-state index contributed by atoms with van der Waals surface area (Å²) in [6.45, 7) is 4.82. The summed E-state index contributed by atoms with van der Waals surface area (Å²) in [5, 5.41) is 8.31. The Balaban J connectivity index is 0.00000261. The minimum atomic E-state index is -0.697. The molecular formula is C20H31ClIN3OS. The first kappa shape index (κ1) is 22.9. The van der Waals surface area contributed by atoms with Crippen molar-refractivity contribution in [2.75, 3.05) is 12.3 Å². The highest BCUT2D eigenvalue weighted by atomic mass is 127. The standard InChI is InChI=1S/C20H30ClN3OS.HI/c1-3-22-20(23-16-9-6-10-17(12-16)26(25)4-2)24-19-13-18(19)14-7-5-8-15(21)11-14;/h5,7-8,11,16-19H,3-4,6,9-10,12-13H2,1-2H3,(H2,22,23,24);1H. The van der Waals surface area contributed by atoms with Crippen molar-refractivity contribution in [3.63, 3.8) is 0 Å². The van der Waals surface area contributed by atoms with Crippen molar-refractivity contribution in [1.29, 1.82) is 0 Å². The molecule has 0 heterocycles. The van der Waals surface area contributed by atoms with E-state index in [4.69, 9.17) is 11.6 Å². The molecule has 0 bridgehead atoms. The van der Waals surface area contributed by atoms with Crippen LogP contribution in [0.5, 0.6) is 0 Å². The van der Waals surface area contributed by atoms with Gasteiger partial charge in [0.15, 0.2) is 5.96 Å². The van der Waals surface area contributed by atoms with Gasteiger partial charge in [-0.15, -0.1) is 24.0 Å². The zero-order chi connectivity index (χ0) is 18.5. The van der Waals surface area contributed by atoms with E-state index in [0.717, 1.165) is 55.4 Å². The van der Waals surface area contributed by atoms with Crippen molar-refractivity contribution < 1.29 is 4.21 Å². The highest BCUT2D eigenvalue weighted by molar-refractivity contribution is 14.0. The molecule has 1 aromatic carbocycles. The average Bonchev–Trinajstić information content (AvgIpc) is 3.40. The lowest BCUT2D eigenvalue weighted by molar-refractivity contribution is 0.413. The van der Waals surface area contributed by atoms with Crippen LogP contribution in [-0.4, -0.2) is 39.8 Å². The van der Waals surface area contributed by atoms with Gasteiger partial charge in [0.2, 0.25) is 0 Å². The predicted molar refractivity (Wildman–Crippen MR) is 127 cm³/mol. The lowest BCUT2D eigenvalue weighted by atomic mass is 9.95. The Morgan fingerprint density at radius 1 is 1.26 bits per heavy atom. The van der Waals surface area contributed by atoms with Crippen LogP contribution in [0.25, 0.3) is 0 Å². The van der Waals surface area contributed by atoms with E-state index in [9.17, 15) is 4.21 Å². The quantitative estimate of drug-likeness (QED) is 0.329. The number of guanidine groups is 1. The van der Waals surface area contributed by atoms with E-state index in [-0.39, 0.29) is 24.0 Å². The number of nitrogens with zero attached hydrogens (tertiary/aromatic N) is 1. The zero-order valence-electron chi connectivity index (χ0n) is 16.1. The van der Waals surface area contributed by atoms with Crippen molar-refractivity contribution in [2.24, 2.45) is 4.99 Å². The summed E-state index contributed by atoms with van der Waals surface area (Å²) in [6, 6.07) is 8.92. The fourth-order valence-electron chi connectivity index (χ4n) is 3.87. The Morgan fingerprint density at radius 2 is 2.07 bits per heavy atom. The number of hydrogen-bond donors (Lipinski definition) is 2. The van der Waals surface area contributed by atoms with Gasteiger partial charge in [0.05, 0.1) is 0 Å². The molecule has 5 atom stereocenters. The number of nitrogens with one attached hydrogen (secondary N) is 2. The van der Waals surface area contributed by atoms with Crippen molar-refractivity contribution in [3.05, 3.63) is 34.9 Å². The third-order valence-electron chi connectivity index (χ3n) is 5.33. The highest BCUT2D eigenvalue weighted by Gasteiger charge is 2.39. The van der Waals surface area contributed by atoms with Crippen LogP contribution in [0.4, 0.5) is 0 Å². The fraction of sp³-hybridized carbons (Fsp3) is 0.650. The first-order chi connectivity index (χ1) is 12.6. The number of hydrogen-bond acceptors (Lipinski definition) is 2. The van der Waals surface area contributed by atoms with Crippen molar-refractivity contribution >= 4 is 52.3 Å². The average molecular weight is 524 g/mol. The molecule has 0 radical (unpaired) electrons. The van der Waals surface area contributed by atoms with E-state index in [1.165, 1.54) is 5.56 Å². The fourth-order valence-corrected chi connectivity index (χ4v) is 5.42. The van der Waals surface area contributed by atoms with Gasteiger partial charge in [0.1, 0.15) is 0 Å². The maximum Gasteiger partial charge on any atom is 0.191 e. The van der Waals surface area contributed by atoms with Crippen LogP contribution in [0, 0.1) is 0 Å². The Labute approximate surface area is 187 Å². The SMILES string of the molecule is CCN=C(NC1CCCC(S(=O)CC)C1)NC1CC1c1cccc(Cl)c1.I. The number of benzene rings is 1. The molecule has 4 nitrogen and oxygen atoms in total. The second-order valence-corrected chi connectivity index (χ2v) is 9.71. The van der Waals surface area contributed by atoms with Crippen LogP contribution in [0.1, 0.15) is 57.4 Å². The van der Waals surface area contributed by atoms with Gasteiger partial charge in [-0.2, -0.15) is 0 Å². The van der Waals surface area contributed by atoms with Gasteiger partial charge in [0, 0.05) is 51.4 Å². The van der Waals surface area contributed by atoms with Crippen molar-refractivity contribution in [1.82, 2.24) is 10.6 Å². The molecule has 0 amide bonds. The summed E-state index contributed by atoms with van der Waals surface area (Å²) in [5.74, 6) is 2.16. The van der Waals surface area contributed by atoms with Gasteiger partial charge in [-0.3, -0.25) is 9.20 Å². The van der Waals surface area contributed by atoms with E-state index >= 15 is 0 Å². The van der Waals surface area contributed by atoms with E-state index in [1.807, 2.05) is 19.1 Å². The molecule has 3 rings (SSSR count).